The highest BCUT2D eigenvalue weighted by atomic mass is 36.0. The van der Waals surface area contributed by atoms with Crippen LogP contribution in [0.15, 0.2) is 36.4 Å². The zero-order valence-electron chi connectivity index (χ0n) is 7.64. The third-order valence-electron chi connectivity index (χ3n) is 0.667. The molecule has 0 aromatic heterocycles. The Labute approximate surface area is 102 Å². The molecule has 0 aliphatic rings. The number of halogens is 2. The molecule has 0 radical (unpaired) electrons. The molecule has 0 unspecified atom stereocenters. The maximum atomic E-state index is 9.16. The van der Waals surface area contributed by atoms with E-state index in [0.717, 1.165) is 0 Å². The Hall–Kier alpha value is -0.140. The molecule has 6 nitrogen and oxygen atoms in total. The highest BCUT2D eigenvalue weighted by Gasteiger charge is 2.00. The van der Waals surface area contributed by atoms with Crippen molar-refractivity contribution >= 4 is 37.5 Å². The number of hydrogen-bond acceptors (Lipinski definition) is 3. The van der Waals surface area contributed by atoms with Crippen LogP contribution in [0, 0.1) is 0 Å². The Balaban J connectivity index is 0. The van der Waals surface area contributed by atoms with Crippen molar-refractivity contribution < 1.29 is 27.7 Å². The van der Waals surface area contributed by atoms with Gasteiger partial charge >= 0.3 is 16.1 Å². The van der Waals surface area contributed by atoms with Gasteiger partial charge in [0.1, 0.15) is 0 Å². The van der Waals surface area contributed by atoms with Crippen LogP contribution in [0.3, 0.4) is 0 Å². The van der Waals surface area contributed by atoms with Crippen molar-refractivity contribution in [3.63, 3.8) is 0 Å². The van der Waals surface area contributed by atoms with Crippen LogP contribution in [0.5, 0.6) is 0 Å². The first-order valence-corrected chi connectivity index (χ1v) is 8.13. The maximum Gasteiger partial charge on any atom is 0.466 e. The van der Waals surface area contributed by atoms with Crippen LogP contribution >= 0.6 is 29.2 Å². The van der Waals surface area contributed by atoms with Gasteiger partial charge in [0.15, 0.2) is 0 Å². The van der Waals surface area contributed by atoms with Crippen molar-refractivity contribution in [2.24, 2.45) is 0 Å². The van der Waals surface area contributed by atoms with Gasteiger partial charge in [-0.05, 0) is 0 Å². The van der Waals surface area contributed by atoms with E-state index in [9.17, 15) is 0 Å². The van der Waals surface area contributed by atoms with E-state index in [0.29, 0.717) is 0 Å². The van der Waals surface area contributed by atoms with Crippen LogP contribution in [0.2, 0.25) is 0 Å². The van der Waals surface area contributed by atoms with E-state index in [-0.39, 0.29) is 0 Å². The summed E-state index contributed by atoms with van der Waals surface area (Å²) in [6.45, 7) is 0. The fourth-order valence-electron chi connectivity index (χ4n) is 0.385. The van der Waals surface area contributed by atoms with E-state index in [4.69, 9.17) is 27.7 Å². The molecule has 16 heavy (non-hydrogen) atoms. The second kappa shape index (κ2) is 8.95. The Kier molecular flexibility index (Phi) is 10.2. The molecule has 1 rings (SSSR count). The van der Waals surface area contributed by atoms with Crippen molar-refractivity contribution in [1.29, 1.82) is 0 Å². The molecule has 0 saturated carbocycles. The van der Waals surface area contributed by atoms with Gasteiger partial charge in [-0.1, -0.05) is 36.4 Å². The summed E-state index contributed by atoms with van der Waals surface area (Å²) in [7, 11) is 0.174. The van der Waals surface area contributed by atoms with Gasteiger partial charge in [-0.15, -0.1) is 0 Å². The zero-order valence-corrected chi connectivity index (χ0v) is 10.9. The molecule has 1 aromatic carbocycles. The first-order chi connectivity index (χ1) is 7.00. The first-order valence-electron chi connectivity index (χ1n) is 3.42. The van der Waals surface area contributed by atoms with Gasteiger partial charge in [-0.3, -0.25) is 0 Å². The summed E-state index contributed by atoms with van der Waals surface area (Å²) in [5, 5.41) is 0. The summed E-state index contributed by atoms with van der Waals surface area (Å²) in [5.41, 5.74) is 0. The zero-order chi connectivity index (χ0) is 13.2. The van der Waals surface area contributed by atoms with Crippen LogP contribution in [0.4, 0.5) is 0 Å². The molecule has 0 heterocycles. The van der Waals surface area contributed by atoms with E-state index in [1.165, 1.54) is 0 Å². The molecular formula is C6H9Cl2O6PS. The molecule has 0 fully saturated rings. The van der Waals surface area contributed by atoms with Crippen LogP contribution < -0.4 is 0 Å². The molecular weight excluding hydrogens is 302 g/mol. The monoisotopic (exact) mass is 310 g/mol. The molecule has 10 heteroatoms. The summed E-state index contributed by atoms with van der Waals surface area (Å²) in [5.74, 6) is 0. The van der Waals surface area contributed by atoms with Crippen molar-refractivity contribution in [2.45, 2.75) is 0 Å². The van der Waals surface area contributed by atoms with Crippen LogP contribution in [0.25, 0.3) is 0 Å². The Bertz CT molecular complexity index is 359. The van der Waals surface area contributed by atoms with Crippen LogP contribution in [0.1, 0.15) is 0 Å². The number of phosphoric acid groups is 1. The van der Waals surface area contributed by atoms with Gasteiger partial charge < -0.3 is 14.7 Å². The molecule has 0 amide bonds. The minimum Gasteiger partial charge on any atom is -0.303 e. The van der Waals surface area contributed by atoms with Gasteiger partial charge in [0.25, 0.3) is 0 Å². The summed E-state index contributed by atoms with van der Waals surface area (Å²) < 4.78 is 27.2. The lowest BCUT2D eigenvalue weighted by molar-refractivity contribution is 0.275. The van der Waals surface area contributed by atoms with Crippen LogP contribution in [-0.2, 0) is 12.8 Å². The topological polar surface area (TPSA) is 112 Å². The number of rotatable bonds is 0. The standard InChI is InChI=1S/C6H6.Cl2O2S.H3O4P/c1-2-4-6-5-3-1;2*1-5(2,3)4/h1-6H;;(H3,1,2,3,4). The van der Waals surface area contributed by atoms with E-state index < -0.39 is 16.1 Å². The lowest BCUT2D eigenvalue weighted by Crippen LogP contribution is -1.66. The Morgan fingerprint density at radius 1 is 0.812 bits per heavy atom. The van der Waals surface area contributed by atoms with Gasteiger partial charge in [-0.2, -0.15) is 8.42 Å². The van der Waals surface area contributed by atoms with Crippen molar-refractivity contribution in [1.82, 2.24) is 0 Å². The van der Waals surface area contributed by atoms with E-state index in [1.54, 1.807) is 0 Å². The summed E-state index contributed by atoms with van der Waals surface area (Å²) in [4.78, 5) is 21.6. The summed E-state index contributed by atoms with van der Waals surface area (Å²) in [6.07, 6.45) is 0. The smallest absolute Gasteiger partial charge is 0.303 e. The van der Waals surface area contributed by atoms with Gasteiger partial charge in [0.05, 0.1) is 0 Å². The normalized spacial score (nSPS) is 10.3. The van der Waals surface area contributed by atoms with E-state index in [1.807, 2.05) is 36.4 Å². The molecule has 0 aliphatic heterocycles. The SMILES string of the molecule is O=P(O)(O)O.O=S(=O)(Cl)Cl.c1ccccc1. The van der Waals surface area contributed by atoms with Gasteiger partial charge in [0, 0.05) is 21.4 Å². The summed E-state index contributed by atoms with van der Waals surface area (Å²) >= 11 is 0. The highest BCUT2D eigenvalue weighted by Crippen LogP contribution is 2.25. The lowest BCUT2D eigenvalue weighted by Gasteiger charge is -1.82. The second-order valence-corrected chi connectivity index (χ2v) is 6.74. The van der Waals surface area contributed by atoms with Gasteiger partial charge in [-0.25, -0.2) is 4.57 Å². The minimum absolute atomic E-state index is 2.00. The number of benzene rings is 1. The Morgan fingerprint density at radius 2 is 0.875 bits per heavy atom. The Morgan fingerprint density at radius 3 is 0.938 bits per heavy atom. The minimum atomic E-state index is -4.64. The van der Waals surface area contributed by atoms with E-state index >= 15 is 0 Å². The third-order valence-corrected chi connectivity index (χ3v) is 0.667. The molecule has 3 N–H and O–H groups in total. The first kappa shape index (κ1) is 18.2. The molecule has 94 valence electrons. The molecule has 0 aliphatic carbocycles. The molecule has 0 saturated heterocycles. The second-order valence-electron chi connectivity index (χ2n) is 2.05. The van der Waals surface area contributed by atoms with Crippen molar-refractivity contribution in [2.75, 3.05) is 0 Å². The predicted molar refractivity (Wildman–Crippen MR) is 61.3 cm³/mol. The average Bonchev–Trinajstić information content (AvgIpc) is 2.01. The fraction of sp³-hybridized carbons (Fsp3) is 0. The molecule has 0 spiro atoms. The number of hydrogen-bond donors (Lipinski definition) is 3. The van der Waals surface area contributed by atoms with Crippen molar-refractivity contribution in [3.05, 3.63) is 36.4 Å². The largest absolute Gasteiger partial charge is 0.466 e. The molecule has 0 bridgehead atoms. The third kappa shape index (κ3) is 66.7. The highest BCUT2D eigenvalue weighted by molar-refractivity contribution is 8.31. The lowest BCUT2D eigenvalue weighted by atomic mass is 10.4. The fourth-order valence-corrected chi connectivity index (χ4v) is 0.385. The van der Waals surface area contributed by atoms with Gasteiger partial charge in [0.2, 0.25) is 0 Å². The average molecular weight is 311 g/mol. The van der Waals surface area contributed by atoms with Crippen molar-refractivity contribution in [3.8, 4) is 0 Å². The quantitative estimate of drug-likeness (QED) is 0.494. The maximum absolute atomic E-state index is 9.16. The van der Waals surface area contributed by atoms with Crippen LogP contribution in [-0.4, -0.2) is 23.1 Å². The molecule has 0 atom stereocenters. The predicted octanol–water partition coefficient (Wildman–Crippen LogP) is 1.47. The summed E-state index contributed by atoms with van der Waals surface area (Å²) in [6, 6.07) is 12.0. The molecule has 1 aromatic rings. The van der Waals surface area contributed by atoms with E-state index in [2.05, 4.69) is 21.4 Å².